The van der Waals surface area contributed by atoms with Crippen LogP contribution in [0.25, 0.3) is 10.9 Å². The fraction of sp³-hybridized carbons (Fsp3) is 0.304. The lowest BCUT2D eigenvalue weighted by molar-refractivity contribution is 0.0636. The Kier molecular flexibility index (Phi) is 7.07. The predicted octanol–water partition coefficient (Wildman–Crippen LogP) is 3.34. The van der Waals surface area contributed by atoms with E-state index in [-0.39, 0.29) is 23.9 Å². The number of nitrogens with one attached hydrogen (secondary N) is 1. The van der Waals surface area contributed by atoms with Gasteiger partial charge in [0.2, 0.25) is 5.56 Å². The number of fused-ring (bicyclic) bond motifs is 1. The summed E-state index contributed by atoms with van der Waals surface area (Å²) in [5.74, 6) is 0.0667. The summed E-state index contributed by atoms with van der Waals surface area (Å²) in [6.45, 7) is 4.42. The van der Waals surface area contributed by atoms with Crippen LogP contribution in [0.1, 0.15) is 22.3 Å². The minimum Gasteiger partial charge on any atom is -0.336 e. The first-order chi connectivity index (χ1) is 13.7. The number of aryl methyl sites for hydroxylation is 1. The van der Waals surface area contributed by atoms with E-state index in [2.05, 4.69) is 40.2 Å². The van der Waals surface area contributed by atoms with Gasteiger partial charge in [-0.1, -0.05) is 30.3 Å². The second kappa shape index (κ2) is 9.72. The molecule has 0 radical (unpaired) electrons. The van der Waals surface area contributed by atoms with E-state index < -0.39 is 0 Å². The summed E-state index contributed by atoms with van der Waals surface area (Å²) in [4.78, 5) is 31.4. The molecule has 1 aromatic heterocycles. The van der Waals surface area contributed by atoms with Crippen LogP contribution in [0.15, 0.2) is 65.5 Å². The van der Waals surface area contributed by atoms with Crippen LogP contribution < -0.4 is 5.56 Å². The van der Waals surface area contributed by atoms with Gasteiger partial charge in [-0.3, -0.25) is 14.5 Å². The first-order valence-electron chi connectivity index (χ1n) is 9.88. The average Bonchev–Trinajstić information content (AvgIpc) is 2.74. The maximum absolute atomic E-state index is 12.9. The Balaban J connectivity index is 0.00000240. The number of carbonyl (C=O) groups is 1. The number of benzene rings is 2. The number of pyridine rings is 1. The number of H-pyrrole nitrogens is 1. The maximum Gasteiger partial charge on any atom is 0.253 e. The number of rotatable bonds is 5. The topological polar surface area (TPSA) is 56.4 Å². The lowest BCUT2D eigenvalue weighted by atomic mass is 10.1. The van der Waals surface area contributed by atoms with Gasteiger partial charge in [0.1, 0.15) is 0 Å². The third-order valence-electron chi connectivity index (χ3n) is 5.41. The summed E-state index contributed by atoms with van der Waals surface area (Å²) in [7, 11) is 0. The monoisotopic (exact) mass is 411 g/mol. The van der Waals surface area contributed by atoms with Crippen molar-refractivity contribution < 1.29 is 4.79 Å². The molecule has 0 aliphatic carbocycles. The lowest BCUT2D eigenvalue weighted by Crippen LogP contribution is -2.48. The SMILES string of the molecule is Cl.O=C(c1ccc2[nH]c(=O)ccc2c1)N1CCN(CCCc2ccccc2)CC1. The smallest absolute Gasteiger partial charge is 0.253 e. The van der Waals surface area contributed by atoms with Gasteiger partial charge in [0.15, 0.2) is 0 Å². The molecule has 0 spiro atoms. The molecule has 6 heteroatoms. The van der Waals surface area contributed by atoms with Gasteiger partial charge in [-0.2, -0.15) is 0 Å². The molecule has 0 atom stereocenters. The number of carbonyl (C=O) groups excluding carboxylic acids is 1. The Morgan fingerprint density at radius 3 is 2.45 bits per heavy atom. The molecular weight excluding hydrogens is 386 g/mol. The fourth-order valence-electron chi connectivity index (χ4n) is 3.80. The van der Waals surface area contributed by atoms with E-state index in [4.69, 9.17) is 0 Å². The molecule has 5 nitrogen and oxygen atoms in total. The standard InChI is InChI=1S/C23H25N3O2.ClH/c27-22-11-9-19-17-20(8-10-21(19)24-22)23(28)26-15-13-25(14-16-26)12-4-7-18-5-2-1-3-6-18;/h1-3,5-6,8-11,17H,4,7,12-16H2,(H,24,27);1H. The van der Waals surface area contributed by atoms with Gasteiger partial charge < -0.3 is 9.88 Å². The Labute approximate surface area is 176 Å². The highest BCUT2D eigenvalue weighted by Crippen LogP contribution is 2.15. The van der Waals surface area contributed by atoms with Crippen molar-refractivity contribution in [1.82, 2.24) is 14.8 Å². The highest BCUT2D eigenvalue weighted by atomic mass is 35.5. The van der Waals surface area contributed by atoms with Crippen LogP contribution in [-0.2, 0) is 6.42 Å². The van der Waals surface area contributed by atoms with E-state index >= 15 is 0 Å². The van der Waals surface area contributed by atoms with E-state index in [0.717, 1.165) is 56.5 Å². The van der Waals surface area contributed by atoms with E-state index in [1.807, 2.05) is 17.0 Å². The zero-order valence-corrected chi connectivity index (χ0v) is 17.2. The minimum absolute atomic E-state index is 0. The third-order valence-corrected chi connectivity index (χ3v) is 5.41. The van der Waals surface area contributed by atoms with E-state index in [1.165, 1.54) is 11.6 Å². The van der Waals surface area contributed by atoms with Crippen molar-refractivity contribution in [1.29, 1.82) is 0 Å². The molecule has 1 N–H and O–H groups in total. The molecule has 2 heterocycles. The van der Waals surface area contributed by atoms with Crippen molar-refractivity contribution in [3.63, 3.8) is 0 Å². The summed E-state index contributed by atoms with van der Waals surface area (Å²) < 4.78 is 0. The van der Waals surface area contributed by atoms with Crippen LogP contribution in [-0.4, -0.2) is 53.4 Å². The molecule has 0 bridgehead atoms. The summed E-state index contributed by atoms with van der Waals surface area (Å²) in [5, 5.41) is 0.880. The summed E-state index contributed by atoms with van der Waals surface area (Å²) in [5.41, 5.74) is 2.69. The van der Waals surface area contributed by atoms with Crippen LogP contribution in [0.4, 0.5) is 0 Å². The van der Waals surface area contributed by atoms with E-state index in [9.17, 15) is 9.59 Å². The number of aromatic nitrogens is 1. The van der Waals surface area contributed by atoms with Gasteiger partial charge in [-0.05, 0) is 54.6 Å². The number of halogens is 1. The number of hydrogen-bond donors (Lipinski definition) is 1. The van der Waals surface area contributed by atoms with Crippen molar-refractivity contribution in [3.8, 4) is 0 Å². The molecule has 1 aliphatic heterocycles. The van der Waals surface area contributed by atoms with Gasteiger partial charge in [0.25, 0.3) is 5.91 Å². The van der Waals surface area contributed by atoms with Crippen LogP contribution in [0, 0.1) is 0 Å². The van der Waals surface area contributed by atoms with Crippen molar-refractivity contribution in [2.24, 2.45) is 0 Å². The van der Waals surface area contributed by atoms with Crippen molar-refractivity contribution in [2.45, 2.75) is 12.8 Å². The first-order valence-corrected chi connectivity index (χ1v) is 9.88. The Morgan fingerprint density at radius 2 is 1.69 bits per heavy atom. The second-order valence-corrected chi connectivity index (χ2v) is 7.35. The van der Waals surface area contributed by atoms with Crippen LogP contribution in [0.2, 0.25) is 0 Å². The fourth-order valence-corrected chi connectivity index (χ4v) is 3.80. The van der Waals surface area contributed by atoms with Gasteiger partial charge >= 0.3 is 0 Å². The van der Waals surface area contributed by atoms with Crippen LogP contribution >= 0.6 is 12.4 Å². The highest BCUT2D eigenvalue weighted by molar-refractivity contribution is 5.98. The van der Waals surface area contributed by atoms with Crippen molar-refractivity contribution >= 4 is 29.2 Å². The third kappa shape index (κ3) is 5.25. The lowest BCUT2D eigenvalue weighted by Gasteiger charge is -2.34. The van der Waals surface area contributed by atoms with Crippen molar-refractivity contribution in [3.05, 3.63) is 82.1 Å². The highest BCUT2D eigenvalue weighted by Gasteiger charge is 2.22. The maximum atomic E-state index is 12.9. The Bertz CT molecular complexity index is 1010. The second-order valence-electron chi connectivity index (χ2n) is 7.35. The zero-order valence-electron chi connectivity index (χ0n) is 16.3. The first kappa shape index (κ1) is 21.1. The van der Waals surface area contributed by atoms with Crippen molar-refractivity contribution in [2.75, 3.05) is 32.7 Å². The number of amides is 1. The molecule has 1 saturated heterocycles. The molecular formula is C23H26ClN3O2. The average molecular weight is 412 g/mol. The molecule has 2 aromatic carbocycles. The predicted molar refractivity (Wildman–Crippen MR) is 119 cm³/mol. The van der Waals surface area contributed by atoms with Gasteiger partial charge in [-0.25, -0.2) is 0 Å². The molecule has 0 unspecified atom stereocenters. The molecule has 3 aromatic rings. The largest absolute Gasteiger partial charge is 0.336 e. The molecule has 29 heavy (non-hydrogen) atoms. The Morgan fingerprint density at radius 1 is 0.931 bits per heavy atom. The molecule has 4 rings (SSSR count). The van der Waals surface area contributed by atoms with Gasteiger partial charge in [-0.15, -0.1) is 12.4 Å². The summed E-state index contributed by atoms with van der Waals surface area (Å²) in [6, 6.07) is 19.3. The minimum atomic E-state index is -0.130. The number of piperazine rings is 1. The molecule has 1 aliphatic rings. The van der Waals surface area contributed by atoms with E-state index in [0.29, 0.717) is 5.56 Å². The van der Waals surface area contributed by atoms with Gasteiger partial charge in [0, 0.05) is 43.3 Å². The summed E-state index contributed by atoms with van der Waals surface area (Å²) >= 11 is 0. The van der Waals surface area contributed by atoms with Crippen LogP contribution in [0.5, 0.6) is 0 Å². The normalized spacial score (nSPS) is 14.6. The Hall–Kier alpha value is -2.63. The number of aromatic amines is 1. The molecule has 1 amide bonds. The zero-order chi connectivity index (χ0) is 19.3. The van der Waals surface area contributed by atoms with Crippen LogP contribution in [0.3, 0.4) is 0 Å². The molecule has 0 saturated carbocycles. The molecule has 152 valence electrons. The van der Waals surface area contributed by atoms with E-state index in [1.54, 1.807) is 12.1 Å². The quantitative estimate of drug-likeness (QED) is 0.700. The molecule has 1 fully saturated rings. The number of hydrogen-bond acceptors (Lipinski definition) is 3. The van der Waals surface area contributed by atoms with Gasteiger partial charge in [0.05, 0.1) is 0 Å². The summed E-state index contributed by atoms with van der Waals surface area (Å²) in [6.07, 6.45) is 2.24. The number of nitrogens with zero attached hydrogens (tertiary/aromatic N) is 2.